The van der Waals surface area contributed by atoms with E-state index in [1.807, 2.05) is 13.1 Å². The van der Waals surface area contributed by atoms with Gasteiger partial charge in [-0.05, 0) is 13.3 Å². The van der Waals surface area contributed by atoms with Crippen molar-refractivity contribution in [3.05, 3.63) is 17.7 Å². The Bertz CT molecular complexity index is 196. The molecule has 0 saturated heterocycles. The van der Waals surface area contributed by atoms with Gasteiger partial charge in [0.05, 0.1) is 0 Å². The summed E-state index contributed by atoms with van der Waals surface area (Å²) in [4.78, 5) is 7.40. The van der Waals surface area contributed by atoms with Crippen molar-refractivity contribution in [3.8, 4) is 0 Å². The van der Waals surface area contributed by atoms with Crippen LogP contribution >= 0.6 is 0 Å². The molecule has 0 saturated carbocycles. The molecule has 1 heterocycles. The molecule has 0 aliphatic carbocycles. The Balaban J connectivity index is 0.000001000. The van der Waals surface area contributed by atoms with Gasteiger partial charge in [0.1, 0.15) is 5.82 Å². The lowest BCUT2D eigenvalue weighted by molar-refractivity contribution is 0.761. The molecule has 1 aromatic heterocycles. The first-order valence-electron chi connectivity index (χ1n) is 3.83. The molecule has 1 rings (SSSR count). The Morgan fingerprint density at radius 3 is 2.73 bits per heavy atom. The number of rotatable bonds is 3. The van der Waals surface area contributed by atoms with Crippen LogP contribution in [0.5, 0.6) is 0 Å². The third kappa shape index (κ3) is 3.18. The van der Waals surface area contributed by atoms with Gasteiger partial charge < -0.3 is 10.5 Å². The second kappa shape index (κ2) is 4.91. The van der Waals surface area contributed by atoms with Crippen molar-refractivity contribution in [2.24, 2.45) is 0 Å². The van der Waals surface area contributed by atoms with Crippen LogP contribution in [0.4, 0.5) is 0 Å². The number of nitrogens with one attached hydrogen (secondary N) is 1. The Hall–Kier alpha value is -0.830. The van der Waals surface area contributed by atoms with Gasteiger partial charge in [-0.15, -0.1) is 0 Å². The summed E-state index contributed by atoms with van der Waals surface area (Å²) in [6.07, 6.45) is 5.43. The molecule has 0 spiro atoms. The molecule has 0 fully saturated rings. The fourth-order valence-corrected chi connectivity index (χ4v) is 0.938. The molecule has 1 aromatic rings. The first-order chi connectivity index (χ1) is 4.83. The van der Waals surface area contributed by atoms with Gasteiger partial charge in [-0.25, -0.2) is 4.98 Å². The van der Waals surface area contributed by atoms with E-state index in [1.165, 1.54) is 12.8 Å². The highest BCUT2D eigenvalue weighted by molar-refractivity contribution is 4.98. The van der Waals surface area contributed by atoms with Gasteiger partial charge in [0.25, 0.3) is 0 Å². The zero-order valence-electron chi connectivity index (χ0n) is 7.15. The van der Waals surface area contributed by atoms with Crippen LogP contribution in [0, 0.1) is 6.92 Å². The minimum absolute atomic E-state index is 0. The fourth-order valence-electron chi connectivity index (χ4n) is 0.938. The lowest BCUT2D eigenvalue weighted by atomic mass is 10.2. The third-order valence-electron chi connectivity index (χ3n) is 1.52. The van der Waals surface area contributed by atoms with Gasteiger partial charge in [-0.3, -0.25) is 0 Å². The maximum atomic E-state index is 4.20. The molecule has 3 heteroatoms. The minimum Gasteiger partial charge on any atom is -0.412 e. The largest absolute Gasteiger partial charge is 0.412 e. The van der Waals surface area contributed by atoms with E-state index in [-0.39, 0.29) is 5.48 Å². The van der Waals surface area contributed by atoms with Gasteiger partial charge in [0.2, 0.25) is 0 Å². The van der Waals surface area contributed by atoms with Gasteiger partial charge in [-0.1, -0.05) is 13.3 Å². The lowest BCUT2D eigenvalue weighted by Crippen LogP contribution is -1.86. The summed E-state index contributed by atoms with van der Waals surface area (Å²) < 4.78 is 0. The van der Waals surface area contributed by atoms with Crippen molar-refractivity contribution in [1.29, 1.82) is 0 Å². The van der Waals surface area contributed by atoms with Crippen LogP contribution in [0.25, 0.3) is 0 Å². The molecule has 0 amide bonds. The number of unbranched alkanes of at least 4 members (excludes halogenated alkanes) is 1. The summed E-state index contributed by atoms with van der Waals surface area (Å²) in [5.74, 6) is 1.12. The van der Waals surface area contributed by atoms with E-state index in [0.29, 0.717) is 0 Å². The van der Waals surface area contributed by atoms with Gasteiger partial charge in [-0.2, -0.15) is 0 Å². The molecule has 0 aliphatic heterocycles. The monoisotopic (exact) mass is 156 g/mol. The maximum absolute atomic E-state index is 4.20. The number of imidazole rings is 1. The zero-order valence-corrected chi connectivity index (χ0v) is 7.15. The minimum atomic E-state index is 0. The van der Waals surface area contributed by atoms with E-state index in [4.69, 9.17) is 0 Å². The van der Waals surface area contributed by atoms with E-state index in [0.717, 1.165) is 17.9 Å². The average molecular weight is 156 g/mol. The van der Waals surface area contributed by atoms with Crippen LogP contribution in [-0.4, -0.2) is 15.4 Å². The molecule has 3 N–H and O–H groups in total. The molecule has 0 bridgehead atoms. The molecular formula is C8H16N2O. The second-order valence-corrected chi connectivity index (χ2v) is 2.62. The molecule has 0 atom stereocenters. The van der Waals surface area contributed by atoms with E-state index in [2.05, 4.69) is 16.9 Å². The van der Waals surface area contributed by atoms with Crippen LogP contribution in [-0.2, 0) is 6.42 Å². The topological polar surface area (TPSA) is 60.2 Å². The summed E-state index contributed by atoms with van der Waals surface area (Å²) in [7, 11) is 0. The van der Waals surface area contributed by atoms with Crippen LogP contribution in [0.2, 0.25) is 0 Å². The SMILES string of the molecule is CCCCc1ncc(C)[nH]1.O. The van der Waals surface area contributed by atoms with Crippen LogP contribution in [0.3, 0.4) is 0 Å². The second-order valence-electron chi connectivity index (χ2n) is 2.62. The highest BCUT2D eigenvalue weighted by atomic mass is 16.0. The lowest BCUT2D eigenvalue weighted by Gasteiger charge is -1.91. The average Bonchev–Trinajstić information content (AvgIpc) is 2.31. The quantitative estimate of drug-likeness (QED) is 0.703. The molecule has 3 nitrogen and oxygen atoms in total. The summed E-state index contributed by atoms with van der Waals surface area (Å²) in [6, 6.07) is 0. The van der Waals surface area contributed by atoms with Gasteiger partial charge in [0.15, 0.2) is 0 Å². The number of H-pyrrole nitrogens is 1. The van der Waals surface area contributed by atoms with Crippen LogP contribution in [0.1, 0.15) is 31.3 Å². The predicted octanol–water partition coefficient (Wildman–Crippen LogP) is 1.24. The van der Waals surface area contributed by atoms with Crippen molar-refractivity contribution in [1.82, 2.24) is 9.97 Å². The van der Waals surface area contributed by atoms with E-state index in [9.17, 15) is 0 Å². The van der Waals surface area contributed by atoms with Crippen LogP contribution < -0.4 is 0 Å². The predicted molar refractivity (Wildman–Crippen MR) is 45.6 cm³/mol. The standard InChI is InChI=1S/C8H14N2.H2O/c1-3-4-5-8-9-6-7(2)10-8;/h6H,3-5H2,1-2H3,(H,9,10);1H2. The fraction of sp³-hybridized carbons (Fsp3) is 0.625. The maximum Gasteiger partial charge on any atom is 0.106 e. The number of aromatic nitrogens is 2. The molecular weight excluding hydrogens is 140 g/mol. The highest BCUT2D eigenvalue weighted by Crippen LogP contribution is 1.99. The summed E-state index contributed by atoms with van der Waals surface area (Å²) in [5.41, 5.74) is 1.16. The number of aryl methyl sites for hydroxylation is 2. The number of aromatic amines is 1. The van der Waals surface area contributed by atoms with Crippen molar-refractivity contribution < 1.29 is 5.48 Å². The van der Waals surface area contributed by atoms with Crippen molar-refractivity contribution >= 4 is 0 Å². The molecule has 64 valence electrons. The Morgan fingerprint density at radius 2 is 2.27 bits per heavy atom. The summed E-state index contributed by atoms with van der Waals surface area (Å²) >= 11 is 0. The van der Waals surface area contributed by atoms with Gasteiger partial charge in [0, 0.05) is 18.3 Å². The normalized spacial score (nSPS) is 9.27. The first-order valence-corrected chi connectivity index (χ1v) is 3.83. The zero-order chi connectivity index (χ0) is 7.40. The Kier molecular flexibility index (Phi) is 4.54. The molecule has 0 aliphatic rings. The van der Waals surface area contributed by atoms with Crippen molar-refractivity contribution in [2.45, 2.75) is 33.1 Å². The third-order valence-corrected chi connectivity index (χ3v) is 1.52. The summed E-state index contributed by atoms with van der Waals surface area (Å²) in [5, 5.41) is 0. The molecule has 0 unspecified atom stereocenters. The van der Waals surface area contributed by atoms with E-state index >= 15 is 0 Å². The number of hydrogen-bond acceptors (Lipinski definition) is 1. The van der Waals surface area contributed by atoms with E-state index in [1.54, 1.807) is 0 Å². The number of hydrogen-bond donors (Lipinski definition) is 1. The van der Waals surface area contributed by atoms with Crippen molar-refractivity contribution in [2.75, 3.05) is 0 Å². The number of nitrogens with zero attached hydrogens (tertiary/aromatic N) is 1. The molecule has 0 aromatic carbocycles. The van der Waals surface area contributed by atoms with E-state index < -0.39 is 0 Å². The first kappa shape index (κ1) is 10.2. The summed E-state index contributed by atoms with van der Waals surface area (Å²) in [6.45, 7) is 4.22. The van der Waals surface area contributed by atoms with Crippen molar-refractivity contribution in [3.63, 3.8) is 0 Å². The van der Waals surface area contributed by atoms with Crippen LogP contribution in [0.15, 0.2) is 6.20 Å². The smallest absolute Gasteiger partial charge is 0.106 e. The van der Waals surface area contributed by atoms with Gasteiger partial charge >= 0.3 is 0 Å². The Labute approximate surface area is 67.2 Å². The Morgan fingerprint density at radius 1 is 1.55 bits per heavy atom. The highest BCUT2D eigenvalue weighted by Gasteiger charge is 1.94. The molecule has 0 radical (unpaired) electrons. The molecule has 11 heavy (non-hydrogen) atoms.